The molecule has 0 amide bonds. The van der Waals surface area contributed by atoms with Gasteiger partial charge in [0.1, 0.15) is 11.4 Å². The zero-order valence-corrected chi connectivity index (χ0v) is 12.7. The molecule has 0 saturated carbocycles. The van der Waals surface area contributed by atoms with Crippen LogP contribution in [0.5, 0.6) is 0 Å². The number of hydrogen-bond acceptors (Lipinski definition) is 5. The maximum absolute atomic E-state index is 11.6. The molecule has 21 heavy (non-hydrogen) atoms. The third-order valence-electron chi connectivity index (χ3n) is 2.76. The van der Waals surface area contributed by atoms with Gasteiger partial charge < -0.3 is 15.2 Å². The number of pyridine rings is 1. The predicted molar refractivity (Wildman–Crippen MR) is 78.3 cm³/mol. The van der Waals surface area contributed by atoms with Crippen LogP contribution < -0.4 is 5.32 Å². The van der Waals surface area contributed by atoms with Gasteiger partial charge in [0, 0.05) is 24.7 Å². The Morgan fingerprint density at radius 1 is 1.38 bits per heavy atom. The first-order valence-electron chi connectivity index (χ1n) is 6.26. The van der Waals surface area contributed by atoms with Gasteiger partial charge in [-0.3, -0.25) is 0 Å². The lowest BCUT2D eigenvalue weighted by atomic mass is 9.81. The molecule has 0 atom stereocenters. The lowest BCUT2D eigenvalue weighted by Gasteiger charge is -2.24. The lowest BCUT2D eigenvalue weighted by molar-refractivity contribution is -0.133. The van der Waals surface area contributed by atoms with E-state index in [4.69, 9.17) is 0 Å². The van der Waals surface area contributed by atoms with E-state index in [0.717, 1.165) is 0 Å². The third-order valence-corrected chi connectivity index (χ3v) is 2.76. The summed E-state index contributed by atoms with van der Waals surface area (Å²) in [4.78, 5) is 26.8. The molecule has 0 bridgehead atoms. The highest BCUT2D eigenvalue weighted by molar-refractivity contribution is 5.96. The van der Waals surface area contributed by atoms with E-state index in [1.165, 1.54) is 13.3 Å². The van der Waals surface area contributed by atoms with E-state index in [2.05, 4.69) is 26.9 Å². The van der Waals surface area contributed by atoms with Crippen LogP contribution in [0.15, 0.2) is 6.20 Å². The summed E-state index contributed by atoms with van der Waals surface area (Å²) in [6.45, 7) is 5.62. The Balaban J connectivity index is 3.66. The summed E-state index contributed by atoms with van der Waals surface area (Å²) in [5.74, 6) is 3.41. The molecular weight excluding hydrogens is 272 g/mol. The topological polar surface area (TPSA) is 88.5 Å². The normalized spacial score (nSPS) is 10.3. The quantitative estimate of drug-likeness (QED) is 0.636. The van der Waals surface area contributed by atoms with Crippen LogP contribution >= 0.6 is 0 Å². The van der Waals surface area contributed by atoms with Crippen molar-refractivity contribution in [1.82, 2.24) is 4.98 Å². The first kappa shape index (κ1) is 16.5. The molecule has 0 unspecified atom stereocenters. The minimum Gasteiger partial charge on any atom is -0.478 e. The zero-order valence-electron chi connectivity index (χ0n) is 12.7. The largest absolute Gasteiger partial charge is 0.478 e. The molecule has 112 valence electrons. The molecule has 6 nitrogen and oxygen atoms in total. The van der Waals surface area contributed by atoms with Crippen molar-refractivity contribution < 1.29 is 19.4 Å². The monoisotopic (exact) mass is 290 g/mol. The first-order valence-corrected chi connectivity index (χ1v) is 6.26. The van der Waals surface area contributed by atoms with Crippen LogP contribution in [-0.2, 0) is 14.9 Å². The third kappa shape index (κ3) is 3.72. The standard InChI is InChI=1S/C15H18N2O4/c1-15(2,3)12-9(6-7-10(18)21-5)8-17-13(16-4)11(12)14(19)20/h8H,1-5H3,(H,16,17)(H,19,20). The van der Waals surface area contributed by atoms with Gasteiger partial charge in [-0.1, -0.05) is 26.7 Å². The van der Waals surface area contributed by atoms with Crippen molar-refractivity contribution in [2.75, 3.05) is 19.5 Å². The van der Waals surface area contributed by atoms with Crippen LogP contribution in [0.2, 0.25) is 0 Å². The van der Waals surface area contributed by atoms with Gasteiger partial charge in [-0.15, -0.1) is 0 Å². The summed E-state index contributed by atoms with van der Waals surface area (Å²) in [6.07, 6.45) is 1.45. The van der Waals surface area contributed by atoms with E-state index >= 15 is 0 Å². The van der Waals surface area contributed by atoms with Gasteiger partial charge in [0.25, 0.3) is 0 Å². The number of methoxy groups -OCH3 is 1. The summed E-state index contributed by atoms with van der Waals surface area (Å²) in [5.41, 5.74) is 0.485. The lowest BCUT2D eigenvalue weighted by Crippen LogP contribution is -2.21. The summed E-state index contributed by atoms with van der Waals surface area (Å²) in [6, 6.07) is 0. The molecule has 0 aliphatic heterocycles. The minimum atomic E-state index is -1.10. The van der Waals surface area contributed by atoms with Crippen molar-refractivity contribution in [2.24, 2.45) is 0 Å². The molecule has 0 aliphatic rings. The maximum Gasteiger partial charge on any atom is 0.384 e. The summed E-state index contributed by atoms with van der Waals surface area (Å²) in [5, 5.41) is 12.2. The molecular formula is C15H18N2O4. The fraction of sp³-hybridized carbons (Fsp3) is 0.400. The number of rotatable bonds is 2. The molecule has 1 heterocycles. The molecule has 0 spiro atoms. The number of carboxylic acid groups (broad SMARTS) is 1. The van der Waals surface area contributed by atoms with Crippen molar-refractivity contribution in [3.05, 3.63) is 22.9 Å². The van der Waals surface area contributed by atoms with E-state index < -0.39 is 17.4 Å². The van der Waals surface area contributed by atoms with Gasteiger partial charge in [-0.05, 0) is 11.0 Å². The Hall–Kier alpha value is -2.55. The molecule has 0 aromatic carbocycles. The van der Waals surface area contributed by atoms with Gasteiger partial charge in [0.2, 0.25) is 0 Å². The number of aromatic carboxylic acids is 1. The predicted octanol–water partition coefficient (Wildman–Crippen LogP) is 1.64. The molecule has 2 N–H and O–H groups in total. The van der Waals surface area contributed by atoms with Crippen LogP contribution in [0.3, 0.4) is 0 Å². The number of aromatic nitrogens is 1. The molecule has 0 radical (unpaired) electrons. The Morgan fingerprint density at radius 2 is 2.00 bits per heavy atom. The zero-order chi connectivity index (χ0) is 16.2. The Morgan fingerprint density at radius 3 is 2.43 bits per heavy atom. The minimum absolute atomic E-state index is 0.0571. The first-order chi connectivity index (χ1) is 9.72. The number of ether oxygens (including phenoxy) is 1. The van der Waals surface area contributed by atoms with Gasteiger partial charge in [-0.25, -0.2) is 14.6 Å². The fourth-order valence-corrected chi connectivity index (χ4v) is 1.95. The molecule has 0 aliphatic carbocycles. The van der Waals surface area contributed by atoms with Gasteiger partial charge in [0.05, 0.1) is 7.11 Å². The average Bonchev–Trinajstić information content (AvgIpc) is 2.42. The number of nitrogens with zero attached hydrogens (tertiary/aromatic N) is 1. The summed E-state index contributed by atoms with van der Waals surface area (Å²) >= 11 is 0. The number of carbonyl (C=O) groups excluding carboxylic acids is 1. The van der Waals surface area contributed by atoms with Gasteiger partial charge in [-0.2, -0.15) is 0 Å². The number of carbonyl (C=O) groups is 2. The fourth-order valence-electron chi connectivity index (χ4n) is 1.95. The highest BCUT2D eigenvalue weighted by Gasteiger charge is 2.28. The SMILES string of the molecule is CNc1ncc(C#CC(=O)OC)c(C(C)(C)C)c1C(=O)O. The number of nitrogens with one attached hydrogen (secondary N) is 1. The van der Waals surface area contributed by atoms with Crippen LogP contribution in [0.25, 0.3) is 0 Å². The summed E-state index contributed by atoms with van der Waals surface area (Å²) < 4.78 is 4.46. The van der Waals surface area contributed by atoms with E-state index in [0.29, 0.717) is 11.1 Å². The molecule has 0 fully saturated rings. The van der Waals surface area contributed by atoms with E-state index in [9.17, 15) is 14.7 Å². The molecule has 1 rings (SSSR count). The molecule has 1 aromatic rings. The Kier molecular flexibility index (Phi) is 4.93. The Labute approximate surface area is 123 Å². The van der Waals surface area contributed by atoms with Crippen molar-refractivity contribution in [3.63, 3.8) is 0 Å². The van der Waals surface area contributed by atoms with Crippen molar-refractivity contribution in [2.45, 2.75) is 26.2 Å². The van der Waals surface area contributed by atoms with E-state index in [-0.39, 0.29) is 11.4 Å². The highest BCUT2D eigenvalue weighted by Crippen LogP contribution is 2.32. The molecule has 6 heteroatoms. The molecule has 1 aromatic heterocycles. The van der Waals surface area contributed by atoms with Crippen LogP contribution in [-0.4, -0.2) is 36.2 Å². The number of carboxylic acids is 1. The van der Waals surface area contributed by atoms with Crippen LogP contribution in [0, 0.1) is 11.8 Å². The summed E-state index contributed by atoms with van der Waals surface area (Å²) in [7, 11) is 2.83. The highest BCUT2D eigenvalue weighted by atomic mass is 16.5. The average molecular weight is 290 g/mol. The van der Waals surface area contributed by atoms with E-state index in [1.807, 2.05) is 20.8 Å². The van der Waals surface area contributed by atoms with Gasteiger partial charge in [0.15, 0.2) is 0 Å². The van der Waals surface area contributed by atoms with Crippen molar-refractivity contribution in [3.8, 4) is 11.8 Å². The van der Waals surface area contributed by atoms with E-state index in [1.54, 1.807) is 7.05 Å². The smallest absolute Gasteiger partial charge is 0.384 e. The number of esters is 1. The maximum atomic E-state index is 11.6. The van der Waals surface area contributed by atoms with Crippen LogP contribution in [0.4, 0.5) is 5.82 Å². The second kappa shape index (κ2) is 6.27. The Bertz CT molecular complexity index is 634. The number of hydrogen-bond donors (Lipinski definition) is 2. The second-order valence-electron chi connectivity index (χ2n) is 5.32. The van der Waals surface area contributed by atoms with Gasteiger partial charge >= 0.3 is 11.9 Å². The second-order valence-corrected chi connectivity index (χ2v) is 5.32. The number of anilines is 1. The van der Waals surface area contributed by atoms with Crippen molar-refractivity contribution in [1.29, 1.82) is 0 Å². The molecule has 0 saturated heterocycles. The van der Waals surface area contributed by atoms with Crippen molar-refractivity contribution >= 4 is 17.8 Å². The van der Waals surface area contributed by atoms with Crippen LogP contribution in [0.1, 0.15) is 42.3 Å².